The molecule has 1 amide bonds. The summed E-state index contributed by atoms with van der Waals surface area (Å²) >= 11 is 0. The van der Waals surface area contributed by atoms with Gasteiger partial charge in [-0.3, -0.25) is 19.4 Å². The molecule has 2 aromatic carbocycles. The van der Waals surface area contributed by atoms with Crippen LogP contribution >= 0.6 is 0 Å². The average Bonchev–Trinajstić information content (AvgIpc) is 3.06. The van der Waals surface area contributed by atoms with Gasteiger partial charge in [-0.25, -0.2) is 4.98 Å². The summed E-state index contributed by atoms with van der Waals surface area (Å²) in [5, 5.41) is 1.05. The van der Waals surface area contributed by atoms with E-state index >= 15 is 0 Å². The Bertz CT molecular complexity index is 1210. The van der Waals surface area contributed by atoms with Crippen molar-refractivity contribution in [2.45, 2.75) is 13.5 Å². The fourth-order valence-corrected chi connectivity index (χ4v) is 4.23. The Labute approximate surface area is 180 Å². The van der Waals surface area contributed by atoms with Crippen LogP contribution in [-0.4, -0.2) is 47.9 Å². The molecule has 3 heterocycles. The van der Waals surface area contributed by atoms with Gasteiger partial charge in [-0.2, -0.15) is 0 Å². The first-order valence-electron chi connectivity index (χ1n) is 10.5. The molecule has 6 heteroatoms. The van der Waals surface area contributed by atoms with E-state index in [1.54, 1.807) is 24.3 Å². The molecule has 0 saturated carbocycles. The summed E-state index contributed by atoms with van der Waals surface area (Å²) in [6.45, 7) is 5.83. The largest absolute Gasteiger partial charge is 0.379 e. The van der Waals surface area contributed by atoms with E-state index < -0.39 is 0 Å². The topological polar surface area (TPSA) is 62.7 Å². The number of Topliss-reactive ketones (excluding diaryl/α,β-unsaturated/α-hetero) is 1. The highest BCUT2D eigenvalue weighted by molar-refractivity contribution is 6.26. The zero-order valence-electron chi connectivity index (χ0n) is 17.4. The van der Waals surface area contributed by atoms with E-state index in [0.29, 0.717) is 22.6 Å². The Morgan fingerprint density at radius 2 is 1.90 bits per heavy atom. The fraction of sp³-hybridized carbons (Fsp3) is 0.240. The Hall–Kier alpha value is -3.35. The van der Waals surface area contributed by atoms with Crippen molar-refractivity contribution < 1.29 is 14.3 Å². The van der Waals surface area contributed by atoms with Crippen molar-refractivity contribution in [2.75, 3.05) is 31.2 Å². The Balaban J connectivity index is 1.45. The smallest absolute Gasteiger partial charge is 0.228 e. The second-order valence-electron chi connectivity index (χ2n) is 7.88. The first-order chi connectivity index (χ1) is 15.1. The summed E-state index contributed by atoms with van der Waals surface area (Å²) in [6, 6.07) is 17.4. The van der Waals surface area contributed by atoms with Gasteiger partial charge in [0, 0.05) is 37.5 Å². The molecular formula is C25H23N3O3. The minimum Gasteiger partial charge on any atom is -0.379 e. The molecule has 2 aliphatic rings. The van der Waals surface area contributed by atoms with Crippen LogP contribution < -0.4 is 4.90 Å². The van der Waals surface area contributed by atoms with Crippen LogP contribution in [0.2, 0.25) is 0 Å². The number of anilines is 1. The molecule has 0 spiro atoms. The summed E-state index contributed by atoms with van der Waals surface area (Å²) in [6.07, 6.45) is 1.70. The SMILES string of the molecule is CC(=O)N1/C(=C\c2ccc3cc(CN4CCOCC4)ccc3n2)C(=O)c2ccccc21. The lowest BCUT2D eigenvalue weighted by Gasteiger charge is -2.26. The summed E-state index contributed by atoms with van der Waals surface area (Å²) in [5.41, 5.74) is 4.25. The standard InChI is InChI=1S/C25H23N3O3/c1-17(29)28-23-5-3-2-4-21(23)25(30)24(28)15-20-8-7-19-14-18(6-9-22(19)26-20)16-27-10-12-31-13-11-27/h2-9,14-15H,10-13,16H2,1H3/b24-15-. The van der Waals surface area contributed by atoms with E-state index in [2.05, 4.69) is 17.0 Å². The van der Waals surface area contributed by atoms with Gasteiger partial charge in [-0.05, 0) is 42.0 Å². The van der Waals surface area contributed by atoms with Gasteiger partial charge in [0.15, 0.2) is 0 Å². The van der Waals surface area contributed by atoms with Gasteiger partial charge in [-0.1, -0.05) is 24.3 Å². The molecular weight excluding hydrogens is 390 g/mol. The number of allylic oxidation sites excluding steroid dienone is 1. The van der Waals surface area contributed by atoms with Crippen LogP contribution in [0.4, 0.5) is 5.69 Å². The third-order valence-corrected chi connectivity index (χ3v) is 5.75. The molecule has 0 N–H and O–H groups in total. The van der Waals surface area contributed by atoms with Crippen LogP contribution in [-0.2, 0) is 16.1 Å². The van der Waals surface area contributed by atoms with Gasteiger partial charge >= 0.3 is 0 Å². The lowest BCUT2D eigenvalue weighted by atomic mass is 10.1. The van der Waals surface area contributed by atoms with Crippen LogP contribution in [0.3, 0.4) is 0 Å². The highest BCUT2D eigenvalue weighted by atomic mass is 16.5. The molecule has 0 atom stereocenters. The summed E-state index contributed by atoms with van der Waals surface area (Å²) < 4.78 is 5.42. The van der Waals surface area contributed by atoms with Crippen molar-refractivity contribution in [3.05, 3.63) is 77.1 Å². The number of benzene rings is 2. The maximum absolute atomic E-state index is 12.9. The number of hydrogen-bond donors (Lipinski definition) is 0. The summed E-state index contributed by atoms with van der Waals surface area (Å²) in [5.74, 6) is -0.355. The number of fused-ring (bicyclic) bond motifs is 2. The van der Waals surface area contributed by atoms with Crippen molar-refractivity contribution in [1.82, 2.24) is 9.88 Å². The van der Waals surface area contributed by atoms with Gasteiger partial charge < -0.3 is 4.74 Å². The van der Waals surface area contributed by atoms with Gasteiger partial charge in [0.2, 0.25) is 11.7 Å². The van der Waals surface area contributed by atoms with E-state index in [1.807, 2.05) is 24.3 Å². The van der Waals surface area contributed by atoms with Crippen LogP contribution in [0.25, 0.3) is 17.0 Å². The molecule has 6 nitrogen and oxygen atoms in total. The van der Waals surface area contributed by atoms with Gasteiger partial charge in [0.1, 0.15) is 0 Å². The minimum atomic E-state index is -0.196. The second kappa shape index (κ2) is 8.06. The van der Waals surface area contributed by atoms with Crippen molar-refractivity contribution in [3.63, 3.8) is 0 Å². The predicted octanol–water partition coefficient (Wildman–Crippen LogP) is 3.66. The molecule has 3 aromatic rings. The monoisotopic (exact) mass is 413 g/mol. The number of ether oxygens (including phenoxy) is 1. The van der Waals surface area contributed by atoms with E-state index in [9.17, 15) is 9.59 Å². The normalized spacial score (nSPS) is 18.0. The highest BCUT2D eigenvalue weighted by Crippen LogP contribution is 2.35. The van der Waals surface area contributed by atoms with Gasteiger partial charge in [0.05, 0.1) is 35.8 Å². The molecule has 31 heavy (non-hydrogen) atoms. The fourth-order valence-electron chi connectivity index (χ4n) is 4.23. The Kier molecular flexibility index (Phi) is 5.10. The second-order valence-corrected chi connectivity index (χ2v) is 7.88. The van der Waals surface area contributed by atoms with Crippen molar-refractivity contribution in [3.8, 4) is 0 Å². The predicted molar refractivity (Wildman–Crippen MR) is 120 cm³/mol. The number of carbonyl (C=O) groups is 2. The number of aromatic nitrogens is 1. The molecule has 156 valence electrons. The molecule has 0 radical (unpaired) electrons. The van der Waals surface area contributed by atoms with Crippen molar-refractivity contribution in [2.24, 2.45) is 0 Å². The minimum absolute atomic E-state index is 0.159. The molecule has 0 bridgehead atoms. The molecule has 1 aromatic heterocycles. The van der Waals surface area contributed by atoms with Crippen LogP contribution in [0.1, 0.15) is 28.5 Å². The van der Waals surface area contributed by atoms with Crippen molar-refractivity contribution >= 4 is 34.4 Å². The third kappa shape index (κ3) is 3.76. The van der Waals surface area contributed by atoms with E-state index in [4.69, 9.17) is 9.72 Å². The van der Waals surface area contributed by atoms with Crippen LogP contribution in [0.15, 0.2) is 60.3 Å². The van der Waals surface area contributed by atoms with E-state index in [1.165, 1.54) is 17.4 Å². The number of carbonyl (C=O) groups excluding carboxylic acids is 2. The molecule has 1 fully saturated rings. The first kappa shape index (κ1) is 19.6. The maximum Gasteiger partial charge on any atom is 0.228 e. The molecule has 2 aliphatic heterocycles. The summed E-state index contributed by atoms with van der Waals surface area (Å²) in [7, 11) is 0. The van der Waals surface area contributed by atoms with Gasteiger partial charge in [0.25, 0.3) is 0 Å². The lowest BCUT2D eigenvalue weighted by molar-refractivity contribution is -0.116. The number of ketones is 1. The van der Waals surface area contributed by atoms with Crippen LogP contribution in [0, 0.1) is 0 Å². The number of rotatable bonds is 3. The Morgan fingerprint density at radius 1 is 1.10 bits per heavy atom. The average molecular weight is 413 g/mol. The molecule has 0 unspecified atom stereocenters. The maximum atomic E-state index is 12.9. The number of amides is 1. The zero-order valence-corrected chi connectivity index (χ0v) is 17.4. The number of pyridine rings is 1. The van der Waals surface area contributed by atoms with Crippen LogP contribution in [0.5, 0.6) is 0 Å². The summed E-state index contributed by atoms with van der Waals surface area (Å²) in [4.78, 5) is 33.7. The zero-order chi connectivity index (χ0) is 21.4. The first-order valence-corrected chi connectivity index (χ1v) is 10.5. The van der Waals surface area contributed by atoms with Gasteiger partial charge in [-0.15, -0.1) is 0 Å². The third-order valence-electron chi connectivity index (χ3n) is 5.75. The number of para-hydroxylation sites is 1. The molecule has 5 rings (SSSR count). The Morgan fingerprint density at radius 3 is 2.71 bits per heavy atom. The lowest BCUT2D eigenvalue weighted by Crippen LogP contribution is -2.35. The molecule has 0 aliphatic carbocycles. The number of morpholine rings is 1. The van der Waals surface area contributed by atoms with E-state index in [-0.39, 0.29) is 11.7 Å². The molecule has 1 saturated heterocycles. The highest BCUT2D eigenvalue weighted by Gasteiger charge is 2.34. The number of nitrogens with zero attached hydrogens (tertiary/aromatic N) is 3. The quantitative estimate of drug-likeness (QED) is 0.614. The number of hydrogen-bond acceptors (Lipinski definition) is 5. The van der Waals surface area contributed by atoms with E-state index in [0.717, 1.165) is 43.8 Å². The van der Waals surface area contributed by atoms with Crippen molar-refractivity contribution in [1.29, 1.82) is 0 Å².